The lowest BCUT2D eigenvalue weighted by molar-refractivity contribution is -0.138. The Kier molecular flexibility index (Phi) is 5.58. The number of nitrogens with zero attached hydrogens (tertiary/aromatic N) is 3. The zero-order chi connectivity index (χ0) is 18.7. The Balaban J connectivity index is 1.60. The molecule has 2 aromatic rings. The number of hydrogen-bond donors (Lipinski definition) is 1. The van der Waals surface area contributed by atoms with Crippen LogP contribution in [-0.4, -0.2) is 38.9 Å². The standard InChI is InChI=1S/C17H16Cl2N4O3/c18-12-2-1-11(13(19)9-12)10-23-14(5-7-20-23)21-15(24)6-8-22-16(25)3-4-17(22)26/h1-2,5,7,9H,3-4,6,8,10H2,(H,21,24). The summed E-state index contributed by atoms with van der Waals surface area (Å²) in [5, 5.41) is 7.97. The number of anilines is 1. The number of benzene rings is 1. The molecule has 1 aliphatic heterocycles. The van der Waals surface area contributed by atoms with Gasteiger partial charge in [0.1, 0.15) is 5.82 Å². The number of hydrogen-bond acceptors (Lipinski definition) is 4. The number of aromatic nitrogens is 2. The van der Waals surface area contributed by atoms with Gasteiger partial charge in [0.05, 0.1) is 12.7 Å². The van der Waals surface area contributed by atoms with Gasteiger partial charge in [-0.15, -0.1) is 0 Å². The summed E-state index contributed by atoms with van der Waals surface area (Å²) in [6.45, 7) is 0.447. The fraction of sp³-hybridized carbons (Fsp3) is 0.294. The van der Waals surface area contributed by atoms with Crippen molar-refractivity contribution in [1.29, 1.82) is 0 Å². The van der Waals surface area contributed by atoms with E-state index in [-0.39, 0.29) is 43.5 Å². The molecule has 0 unspecified atom stereocenters. The predicted octanol–water partition coefficient (Wildman–Crippen LogP) is 2.72. The van der Waals surface area contributed by atoms with E-state index in [1.807, 2.05) is 0 Å². The van der Waals surface area contributed by atoms with E-state index < -0.39 is 0 Å². The zero-order valence-corrected chi connectivity index (χ0v) is 15.3. The van der Waals surface area contributed by atoms with Gasteiger partial charge in [-0.05, 0) is 17.7 Å². The van der Waals surface area contributed by atoms with Gasteiger partial charge in [-0.25, -0.2) is 4.68 Å². The molecule has 0 atom stereocenters. The van der Waals surface area contributed by atoms with Crippen LogP contribution in [0, 0.1) is 0 Å². The van der Waals surface area contributed by atoms with E-state index in [9.17, 15) is 14.4 Å². The summed E-state index contributed by atoms with van der Waals surface area (Å²) in [4.78, 5) is 36.4. The van der Waals surface area contributed by atoms with Gasteiger partial charge in [-0.1, -0.05) is 29.3 Å². The fourth-order valence-corrected chi connectivity index (χ4v) is 3.14. The summed E-state index contributed by atoms with van der Waals surface area (Å²) in [7, 11) is 0. The summed E-state index contributed by atoms with van der Waals surface area (Å²) < 4.78 is 1.60. The molecule has 3 amide bonds. The van der Waals surface area contributed by atoms with E-state index >= 15 is 0 Å². The van der Waals surface area contributed by atoms with E-state index in [2.05, 4.69) is 10.4 Å². The monoisotopic (exact) mass is 394 g/mol. The van der Waals surface area contributed by atoms with E-state index in [4.69, 9.17) is 23.2 Å². The number of halogens is 2. The first-order valence-electron chi connectivity index (χ1n) is 8.03. The van der Waals surface area contributed by atoms with Crippen LogP contribution < -0.4 is 5.32 Å². The molecule has 136 valence electrons. The highest BCUT2D eigenvalue weighted by Gasteiger charge is 2.28. The third kappa shape index (κ3) is 4.23. The minimum atomic E-state index is -0.304. The van der Waals surface area contributed by atoms with E-state index in [1.54, 1.807) is 35.1 Å². The van der Waals surface area contributed by atoms with Crippen LogP contribution in [0.1, 0.15) is 24.8 Å². The average molecular weight is 395 g/mol. The number of amides is 3. The second-order valence-electron chi connectivity index (χ2n) is 5.85. The van der Waals surface area contributed by atoms with Crippen LogP contribution in [0.4, 0.5) is 5.82 Å². The molecule has 0 saturated carbocycles. The molecule has 0 spiro atoms. The lowest BCUT2D eigenvalue weighted by Gasteiger charge is -2.14. The summed E-state index contributed by atoms with van der Waals surface area (Å²) in [6, 6.07) is 6.83. The molecular weight excluding hydrogens is 379 g/mol. The van der Waals surface area contributed by atoms with Crippen molar-refractivity contribution in [2.45, 2.75) is 25.8 Å². The van der Waals surface area contributed by atoms with Gasteiger partial charge in [0.15, 0.2) is 0 Å². The zero-order valence-electron chi connectivity index (χ0n) is 13.7. The van der Waals surface area contributed by atoms with Gasteiger partial charge in [0, 0.05) is 41.9 Å². The molecule has 7 nitrogen and oxygen atoms in total. The van der Waals surface area contributed by atoms with Crippen molar-refractivity contribution in [2.24, 2.45) is 0 Å². The lowest BCUT2D eigenvalue weighted by Crippen LogP contribution is -2.32. The molecule has 3 rings (SSSR count). The van der Waals surface area contributed by atoms with Crippen molar-refractivity contribution in [1.82, 2.24) is 14.7 Å². The van der Waals surface area contributed by atoms with Crippen LogP contribution in [0.15, 0.2) is 30.5 Å². The van der Waals surface area contributed by atoms with E-state index in [0.29, 0.717) is 22.4 Å². The molecule has 1 aliphatic rings. The first-order chi connectivity index (χ1) is 12.4. The SMILES string of the molecule is O=C(CCN1C(=O)CCC1=O)Nc1ccnn1Cc1ccc(Cl)cc1Cl. The number of likely N-dealkylation sites (tertiary alicyclic amines) is 1. The summed E-state index contributed by atoms with van der Waals surface area (Å²) in [6.07, 6.45) is 2.03. The highest BCUT2D eigenvalue weighted by atomic mass is 35.5. The predicted molar refractivity (Wildman–Crippen MR) is 97.0 cm³/mol. The molecular formula is C17H16Cl2N4O3. The molecule has 0 bridgehead atoms. The quantitative estimate of drug-likeness (QED) is 0.763. The average Bonchev–Trinajstić information content (AvgIpc) is 3.15. The topological polar surface area (TPSA) is 84.3 Å². The van der Waals surface area contributed by atoms with E-state index in [0.717, 1.165) is 10.5 Å². The van der Waals surface area contributed by atoms with Crippen LogP contribution in [-0.2, 0) is 20.9 Å². The maximum atomic E-state index is 12.2. The Morgan fingerprint density at radius 3 is 2.58 bits per heavy atom. The van der Waals surface area contributed by atoms with Gasteiger partial charge in [-0.3, -0.25) is 19.3 Å². The third-order valence-corrected chi connectivity index (χ3v) is 4.62. The van der Waals surface area contributed by atoms with Gasteiger partial charge < -0.3 is 5.32 Å². The summed E-state index contributed by atoms with van der Waals surface area (Å²) in [5.74, 6) is -0.267. The summed E-state index contributed by atoms with van der Waals surface area (Å²) >= 11 is 12.1. The van der Waals surface area contributed by atoms with Gasteiger partial charge >= 0.3 is 0 Å². The number of carbonyl (C=O) groups is 3. The van der Waals surface area contributed by atoms with Gasteiger partial charge in [0.2, 0.25) is 17.7 Å². The molecule has 26 heavy (non-hydrogen) atoms. The molecule has 1 aromatic carbocycles. The van der Waals surface area contributed by atoms with Crippen molar-refractivity contribution in [3.05, 3.63) is 46.1 Å². The highest BCUT2D eigenvalue weighted by Crippen LogP contribution is 2.22. The molecule has 1 saturated heterocycles. The summed E-state index contributed by atoms with van der Waals surface area (Å²) in [5.41, 5.74) is 0.809. The van der Waals surface area contributed by atoms with Crippen LogP contribution in [0.5, 0.6) is 0 Å². The largest absolute Gasteiger partial charge is 0.311 e. The number of imide groups is 1. The maximum Gasteiger partial charge on any atom is 0.229 e. The minimum absolute atomic E-state index is 0.0321. The molecule has 1 fully saturated rings. The fourth-order valence-electron chi connectivity index (χ4n) is 2.67. The second kappa shape index (κ2) is 7.88. The third-order valence-electron chi connectivity index (χ3n) is 4.04. The minimum Gasteiger partial charge on any atom is -0.311 e. The van der Waals surface area contributed by atoms with Crippen LogP contribution in [0.2, 0.25) is 10.0 Å². The maximum absolute atomic E-state index is 12.2. The second-order valence-corrected chi connectivity index (χ2v) is 6.69. The smallest absolute Gasteiger partial charge is 0.229 e. The first kappa shape index (κ1) is 18.4. The Hall–Kier alpha value is -2.38. The first-order valence-corrected chi connectivity index (χ1v) is 8.78. The van der Waals surface area contributed by atoms with Crippen molar-refractivity contribution in [3.63, 3.8) is 0 Å². The van der Waals surface area contributed by atoms with Gasteiger partial charge in [-0.2, -0.15) is 5.10 Å². The molecule has 0 radical (unpaired) electrons. The normalized spacial score (nSPS) is 14.2. The highest BCUT2D eigenvalue weighted by molar-refractivity contribution is 6.35. The number of carbonyl (C=O) groups excluding carboxylic acids is 3. The van der Waals surface area contributed by atoms with Crippen molar-refractivity contribution < 1.29 is 14.4 Å². The Labute approximate surface area is 159 Å². The molecule has 1 N–H and O–H groups in total. The number of rotatable bonds is 6. The van der Waals surface area contributed by atoms with E-state index in [1.165, 1.54) is 0 Å². The Morgan fingerprint density at radius 1 is 1.15 bits per heavy atom. The van der Waals surface area contributed by atoms with Crippen molar-refractivity contribution >= 4 is 46.7 Å². The molecule has 0 aliphatic carbocycles. The molecule has 1 aromatic heterocycles. The van der Waals surface area contributed by atoms with Crippen LogP contribution in [0.25, 0.3) is 0 Å². The van der Waals surface area contributed by atoms with Gasteiger partial charge in [0.25, 0.3) is 0 Å². The molecule has 2 heterocycles. The lowest BCUT2D eigenvalue weighted by atomic mass is 10.2. The Bertz CT molecular complexity index is 849. The van der Waals surface area contributed by atoms with Crippen molar-refractivity contribution in [3.8, 4) is 0 Å². The number of nitrogens with one attached hydrogen (secondary N) is 1. The van der Waals surface area contributed by atoms with Crippen LogP contribution >= 0.6 is 23.2 Å². The van der Waals surface area contributed by atoms with Crippen LogP contribution in [0.3, 0.4) is 0 Å². The molecule has 9 heteroatoms. The Morgan fingerprint density at radius 2 is 1.88 bits per heavy atom. The van der Waals surface area contributed by atoms with Crippen molar-refractivity contribution in [2.75, 3.05) is 11.9 Å².